The summed E-state index contributed by atoms with van der Waals surface area (Å²) in [6.45, 7) is 19.3. The summed E-state index contributed by atoms with van der Waals surface area (Å²) in [4.78, 5) is 19.8. The van der Waals surface area contributed by atoms with Crippen molar-refractivity contribution >= 4 is 11.8 Å². The van der Waals surface area contributed by atoms with Crippen LogP contribution in [0.3, 0.4) is 0 Å². The highest BCUT2D eigenvalue weighted by atomic mass is 16.6. The number of ether oxygens (including phenoxy) is 1. The van der Waals surface area contributed by atoms with Gasteiger partial charge in [0.25, 0.3) is 0 Å². The second-order valence-electron chi connectivity index (χ2n) is 10.7. The van der Waals surface area contributed by atoms with E-state index in [1.165, 1.54) is 31.3 Å². The molecule has 1 fully saturated rings. The molecular formula is C29H51N3O2. The van der Waals surface area contributed by atoms with Crippen LogP contribution in [0.4, 0.5) is 4.79 Å². The van der Waals surface area contributed by atoms with Crippen LogP contribution in [0.15, 0.2) is 39.7 Å². The zero-order chi connectivity index (χ0) is 25.9. The Balaban J connectivity index is 3.21. The third-order valence-corrected chi connectivity index (χ3v) is 6.41. The number of allylic oxidation sites excluding steroid dienone is 5. The van der Waals surface area contributed by atoms with Gasteiger partial charge in [0.1, 0.15) is 5.60 Å². The topological polar surface area (TPSA) is 67.9 Å². The number of nitrogens with zero attached hydrogens (tertiary/aromatic N) is 2. The quantitative estimate of drug-likeness (QED) is 0.259. The molecule has 5 heteroatoms. The number of aliphatic imine (C=N–C) groups is 1. The average Bonchev–Trinajstić information content (AvgIpc) is 2.75. The molecule has 0 radical (unpaired) electrons. The summed E-state index contributed by atoms with van der Waals surface area (Å²) >= 11 is 0. The number of hydrogen-bond acceptors (Lipinski definition) is 4. The molecule has 1 amide bonds. The Morgan fingerprint density at radius 1 is 1.18 bits per heavy atom. The molecule has 1 saturated heterocycles. The Kier molecular flexibility index (Phi) is 12.7. The number of nitrogens with two attached hydrogens (primary N) is 1. The Morgan fingerprint density at radius 3 is 2.41 bits per heavy atom. The van der Waals surface area contributed by atoms with Crippen molar-refractivity contribution < 1.29 is 9.53 Å². The van der Waals surface area contributed by atoms with Crippen LogP contribution in [0, 0.1) is 5.92 Å². The number of hydrogen-bond donors (Lipinski definition) is 1. The molecule has 5 nitrogen and oxygen atoms in total. The lowest BCUT2D eigenvalue weighted by Gasteiger charge is -2.39. The minimum atomic E-state index is -0.528. The number of carbonyl (C=O) groups excluding carboxylic acids is 1. The molecule has 0 aromatic rings. The number of amides is 1. The van der Waals surface area contributed by atoms with Gasteiger partial charge in [-0.3, -0.25) is 4.99 Å². The van der Waals surface area contributed by atoms with E-state index < -0.39 is 5.60 Å². The van der Waals surface area contributed by atoms with Crippen LogP contribution in [0.1, 0.15) is 114 Å². The monoisotopic (exact) mass is 473 g/mol. The van der Waals surface area contributed by atoms with E-state index in [0.717, 1.165) is 41.9 Å². The molecule has 1 rings (SSSR count). The highest BCUT2D eigenvalue weighted by molar-refractivity contribution is 6.04. The predicted octanol–water partition coefficient (Wildman–Crippen LogP) is 7.93. The van der Waals surface area contributed by atoms with E-state index in [9.17, 15) is 4.79 Å². The second kappa shape index (κ2) is 14.4. The highest BCUT2D eigenvalue weighted by Gasteiger charge is 2.36. The first-order valence-corrected chi connectivity index (χ1v) is 13.4. The van der Waals surface area contributed by atoms with Gasteiger partial charge >= 0.3 is 6.09 Å². The Bertz CT molecular complexity index is 784. The molecule has 1 heterocycles. The van der Waals surface area contributed by atoms with Crippen molar-refractivity contribution in [1.29, 1.82) is 0 Å². The maximum Gasteiger partial charge on any atom is 0.410 e. The molecule has 2 N–H and O–H groups in total. The molecule has 1 aliphatic rings. The Hall–Kier alpha value is -2.04. The van der Waals surface area contributed by atoms with Crippen molar-refractivity contribution in [3.8, 4) is 0 Å². The van der Waals surface area contributed by atoms with Crippen molar-refractivity contribution in [3.63, 3.8) is 0 Å². The summed E-state index contributed by atoms with van der Waals surface area (Å²) in [5, 5.41) is 0. The third-order valence-electron chi connectivity index (χ3n) is 6.41. The standard InChI is InChI=1S/C29H51N3O2/c1-10-13-14-16-21(4)22(5)17-18-23(6)31-25-19-20-32(28(33)34-29(7,8)9)26(12-3)27(25)24(30)15-11-2/h17-18,21,26H,10-16,19-20,30H2,1-9H3/b22-17+,23-18+,27-24+,31-25-. The molecule has 0 aromatic heterocycles. The minimum absolute atomic E-state index is 0.113. The molecule has 2 unspecified atom stereocenters. The van der Waals surface area contributed by atoms with Crippen LogP contribution in [-0.4, -0.2) is 34.9 Å². The van der Waals surface area contributed by atoms with Crippen LogP contribution >= 0.6 is 0 Å². The number of piperidine rings is 1. The van der Waals surface area contributed by atoms with Crippen molar-refractivity contribution in [2.75, 3.05) is 6.54 Å². The van der Waals surface area contributed by atoms with E-state index in [-0.39, 0.29) is 12.1 Å². The summed E-state index contributed by atoms with van der Waals surface area (Å²) in [5.74, 6) is 0.584. The Morgan fingerprint density at radius 2 is 1.85 bits per heavy atom. The number of rotatable bonds is 10. The first kappa shape index (κ1) is 30.0. The zero-order valence-corrected chi connectivity index (χ0v) is 23.5. The molecule has 0 aromatic carbocycles. The lowest BCUT2D eigenvalue weighted by atomic mass is 9.89. The van der Waals surface area contributed by atoms with E-state index in [4.69, 9.17) is 15.5 Å². The number of carbonyl (C=O) groups is 1. The lowest BCUT2D eigenvalue weighted by Crippen LogP contribution is -2.50. The minimum Gasteiger partial charge on any atom is -0.444 e. The van der Waals surface area contributed by atoms with Gasteiger partial charge in [0, 0.05) is 35.6 Å². The number of unbranched alkanes of at least 4 members (excludes halogenated alkanes) is 2. The normalized spacial score (nSPS) is 21.6. The maximum absolute atomic E-state index is 13.0. The molecule has 34 heavy (non-hydrogen) atoms. The lowest BCUT2D eigenvalue weighted by molar-refractivity contribution is 0.0185. The van der Waals surface area contributed by atoms with Crippen molar-refractivity contribution in [1.82, 2.24) is 4.90 Å². The molecular weight excluding hydrogens is 422 g/mol. The van der Waals surface area contributed by atoms with E-state index in [0.29, 0.717) is 18.9 Å². The van der Waals surface area contributed by atoms with Gasteiger partial charge in [-0.15, -0.1) is 0 Å². The summed E-state index contributed by atoms with van der Waals surface area (Å²) in [6, 6.07) is -0.113. The summed E-state index contributed by atoms with van der Waals surface area (Å²) < 4.78 is 5.70. The van der Waals surface area contributed by atoms with Crippen molar-refractivity contribution in [2.45, 2.75) is 125 Å². The highest BCUT2D eigenvalue weighted by Crippen LogP contribution is 2.29. The largest absolute Gasteiger partial charge is 0.444 e. The fourth-order valence-electron chi connectivity index (χ4n) is 4.34. The zero-order valence-electron chi connectivity index (χ0n) is 23.5. The fraction of sp³-hybridized carbons (Fsp3) is 0.724. The van der Waals surface area contributed by atoms with Gasteiger partial charge in [-0.05, 0) is 65.9 Å². The SMILES string of the molecule is CCCCCC(C)/C(C)=C/C=C(C)/N=C1/CCN(C(=O)OC(C)(C)C)C(CC)/C1=C(/N)CCC. The van der Waals surface area contributed by atoms with Gasteiger partial charge in [-0.2, -0.15) is 0 Å². The third kappa shape index (κ3) is 9.68. The Labute approximate surface area is 209 Å². The molecule has 0 bridgehead atoms. The molecule has 0 spiro atoms. The van der Waals surface area contributed by atoms with Gasteiger partial charge in [0.05, 0.1) is 6.04 Å². The molecule has 1 aliphatic heterocycles. The van der Waals surface area contributed by atoms with Crippen molar-refractivity contribution in [3.05, 3.63) is 34.7 Å². The molecule has 0 saturated carbocycles. The van der Waals surface area contributed by atoms with Crippen LogP contribution in [0.2, 0.25) is 0 Å². The summed E-state index contributed by atoms with van der Waals surface area (Å²) in [7, 11) is 0. The summed E-state index contributed by atoms with van der Waals surface area (Å²) in [6.07, 6.45) is 12.3. The van der Waals surface area contributed by atoms with Gasteiger partial charge < -0.3 is 15.4 Å². The van der Waals surface area contributed by atoms with Crippen LogP contribution < -0.4 is 5.73 Å². The van der Waals surface area contributed by atoms with E-state index in [2.05, 4.69) is 46.8 Å². The van der Waals surface area contributed by atoms with Gasteiger partial charge in [0.15, 0.2) is 0 Å². The maximum atomic E-state index is 13.0. The van der Waals surface area contributed by atoms with E-state index >= 15 is 0 Å². The van der Waals surface area contributed by atoms with Crippen LogP contribution in [-0.2, 0) is 4.74 Å². The van der Waals surface area contributed by atoms with Crippen molar-refractivity contribution in [2.24, 2.45) is 16.6 Å². The van der Waals surface area contributed by atoms with E-state index in [1.54, 1.807) is 0 Å². The van der Waals surface area contributed by atoms with E-state index in [1.807, 2.05) is 32.6 Å². The fourth-order valence-corrected chi connectivity index (χ4v) is 4.34. The predicted molar refractivity (Wildman–Crippen MR) is 146 cm³/mol. The molecule has 2 atom stereocenters. The molecule has 0 aliphatic carbocycles. The first-order chi connectivity index (χ1) is 15.9. The number of likely N-dealkylation sites (tertiary alicyclic amines) is 1. The first-order valence-electron chi connectivity index (χ1n) is 13.4. The van der Waals surface area contributed by atoms with Crippen LogP contribution in [0.25, 0.3) is 0 Å². The van der Waals surface area contributed by atoms with Gasteiger partial charge in [-0.1, -0.05) is 65.0 Å². The second-order valence-corrected chi connectivity index (χ2v) is 10.7. The van der Waals surface area contributed by atoms with Crippen LogP contribution in [0.5, 0.6) is 0 Å². The summed E-state index contributed by atoms with van der Waals surface area (Å²) in [5.41, 5.74) is 11.3. The smallest absolute Gasteiger partial charge is 0.410 e. The van der Waals surface area contributed by atoms with Gasteiger partial charge in [-0.25, -0.2) is 4.79 Å². The van der Waals surface area contributed by atoms with Gasteiger partial charge in [0.2, 0.25) is 0 Å². The molecule has 194 valence electrons. The average molecular weight is 474 g/mol.